The Morgan fingerprint density at radius 3 is 2.59 bits per heavy atom. The fraction of sp³-hybridized carbons (Fsp3) is 0.250. The van der Waals surface area contributed by atoms with Gasteiger partial charge in [0.05, 0.1) is 5.69 Å². The first-order chi connectivity index (χ1) is 12.8. The van der Waals surface area contributed by atoms with Crippen LogP contribution in [-0.2, 0) is 12.6 Å². The molecule has 0 aliphatic rings. The largest absolute Gasteiger partial charge is 0.445 e. The molecule has 3 aromatic rings. The summed E-state index contributed by atoms with van der Waals surface area (Å²) in [5, 5.41) is 12.6. The summed E-state index contributed by atoms with van der Waals surface area (Å²) in [6.45, 7) is 2.30. The lowest BCUT2D eigenvalue weighted by molar-refractivity contribution is -0.138. The van der Waals surface area contributed by atoms with Crippen molar-refractivity contribution in [2.24, 2.45) is 0 Å². The number of hydrogen-bond acceptors (Lipinski definition) is 6. The molecule has 0 fully saturated rings. The van der Waals surface area contributed by atoms with Gasteiger partial charge in [-0.1, -0.05) is 41.2 Å². The highest BCUT2D eigenvalue weighted by Crippen LogP contribution is 2.32. The lowest BCUT2D eigenvalue weighted by Gasteiger charge is -2.03. The summed E-state index contributed by atoms with van der Waals surface area (Å²) >= 11 is 1.78. The topological polar surface area (TPSA) is 79.8 Å². The third-order valence-electron chi connectivity index (χ3n) is 3.40. The maximum atomic E-state index is 12.4. The number of urea groups is 1. The van der Waals surface area contributed by atoms with Gasteiger partial charge in [0.1, 0.15) is 5.01 Å². The number of nitrogens with one attached hydrogen (secondary N) is 2. The van der Waals surface area contributed by atoms with Crippen molar-refractivity contribution in [3.8, 4) is 10.6 Å². The number of carbonyl (C=O) groups is 1. The minimum Gasteiger partial charge on any atom is -0.337 e. The van der Waals surface area contributed by atoms with Crippen molar-refractivity contribution < 1.29 is 18.0 Å². The Hall–Kier alpha value is -2.53. The Bertz CT molecular complexity index is 921. The van der Waals surface area contributed by atoms with E-state index in [0.717, 1.165) is 16.3 Å². The van der Waals surface area contributed by atoms with Crippen molar-refractivity contribution in [1.82, 2.24) is 20.5 Å². The second kappa shape index (κ2) is 8.01. The SMILES string of the molecule is Cc1ccc(-c2nc(CCNC(=O)Nc3nnc(C(F)(F)F)s3)cs2)cc1. The molecule has 0 radical (unpaired) electrons. The Morgan fingerprint density at radius 1 is 1.19 bits per heavy atom. The van der Waals surface area contributed by atoms with Crippen LogP contribution >= 0.6 is 22.7 Å². The summed E-state index contributed by atoms with van der Waals surface area (Å²) in [4.78, 5) is 16.3. The lowest BCUT2D eigenvalue weighted by atomic mass is 10.2. The van der Waals surface area contributed by atoms with E-state index in [4.69, 9.17) is 0 Å². The highest BCUT2D eigenvalue weighted by molar-refractivity contribution is 7.15. The highest BCUT2D eigenvalue weighted by Gasteiger charge is 2.35. The average molecular weight is 413 g/mol. The van der Waals surface area contributed by atoms with Crippen molar-refractivity contribution in [1.29, 1.82) is 0 Å². The van der Waals surface area contributed by atoms with Crippen LogP contribution in [0.1, 0.15) is 16.3 Å². The minimum absolute atomic E-state index is 0.213. The maximum Gasteiger partial charge on any atom is 0.445 e. The number of rotatable bonds is 5. The molecule has 0 atom stereocenters. The summed E-state index contributed by atoms with van der Waals surface area (Å²) in [5.74, 6) is 0. The van der Waals surface area contributed by atoms with Crippen LogP contribution < -0.4 is 10.6 Å². The number of anilines is 1. The third kappa shape index (κ3) is 5.23. The smallest absolute Gasteiger partial charge is 0.337 e. The number of nitrogens with zero attached hydrogens (tertiary/aromatic N) is 3. The van der Waals surface area contributed by atoms with Crippen molar-refractivity contribution in [2.75, 3.05) is 11.9 Å². The fourth-order valence-electron chi connectivity index (χ4n) is 2.08. The number of carbonyl (C=O) groups excluding carboxylic acids is 1. The van der Waals surface area contributed by atoms with E-state index in [-0.39, 0.29) is 23.0 Å². The Labute approximate surface area is 160 Å². The molecule has 0 bridgehead atoms. The van der Waals surface area contributed by atoms with E-state index in [1.807, 2.05) is 36.6 Å². The van der Waals surface area contributed by atoms with Crippen LogP contribution in [0.25, 0.3) is 10.6 Å². The number of benzene rings is 1. The first-order valence-corrected chi connectivity index (χ1v) is 9.48. The Morgan fingerprint density at radius 2 is 1.93 bits per heavy atom. The van der Waals surface area contributed by atoms with Gasteiger partial charge in [-0.3, -0.25) is 5.32 Å². The third-order valence-corrected chi connectivity index (χ3v) is 5.23. The van der Waals surface area contributed by atoms with Crippen LogP contribution in [0.5, 0.6) is 0 Å². The van der Waals surface area contributed by atoms with Crippen molar-refractivity contribution in [2.45, 2.75) is 19.5 Å². The lowest BCUT2D eigenvalue weighted by Crippen LogP contribution is -2.30. The number of aromatic nitrogens is 3. The zero-order valence-corrected chi connectivity index (χ0v) is 15.6. The Balaban J connectivity index is 1.48. The second-order valence-electron chi connectivity index (χ2n) is 5.55. The zero-order valence-electron chi connectivity index (χ0n) is 14.0. The van der Waals surface area contributed by atoms with Gasteiger partial charge in [-0.05, 0) is 6.92 Å². The van der Waals surface area contributed by atoms with Gasteiger partial charge < -0.3 is 5.32 Å². The van der Waals surface area contributed by atoms with Crippen LogP contribution in [0.3, 0.4) is 0 Å². The number of thiazole rings is 1. The van der Waals surface area contributed by atoms with Crippen LogP contribution in [0.15, 0.2) is 29.6 Å². The van der Waals surface area contributed by atoms with Gasteiger partial charge in [-0.2, -0.15) is 13.2 Å². The molecule has 2 aromatic heterocycles. The van der Waals surface area contributed by atoms with E-state index in [9.17, 15) is 18.0 Å². The maximum absolute atomic E-state index is 12.4. The molecule has 2 amide bonds. The molecule has 2 heterocycles. The molecule has 0 aliphatic heterocycles. The van der Waals surface area contributed by atoms with Crippen LogP contribution in [0.4, 0.5) is 23.1 Å². The van der Waals surface area contributed by atoms with Gasteiger partial charge in [0.15, 0.2) is 0 Å². The van der Waals surface area contributed by atoms with Gasteiger partial charge in [0, 0.05) is 23.9 Å². The van der Waals surface area contributed by atoms with E-state index < -0.39 is 17.2 Å². The molecule has 3 rings (SSSR count). The van der Waals surface area contributed by atoms with Gasteiger partial charge in [-0.15, -0.1) is 21.5 Å². The van der Waals surface area contributed by atoms with E-state index in [1.54, 1.807) is 0 Å². The zero-order chi connectivity index (χ0) is 19.4. The van der Waals surface area contributed by atoms with E-state index >= 15 is 0 Å². The molecule has 1 aromatic carbocycles. The molecule has 6 nitrogen and oxygen atoms in total. The molecule has 11 heteroatoms. The predicted octanol–water partition coefficient (Wildman–Crippen LogP) is 4.35. The molecule has 0 saturated carbocycles. The van der Waals surface area contributed by atoms with Crippen LogP contribution in [0.2, 0.25) is 0 Å². The molecular formula is C16H14F3N5OS2. The average Bonchev–Trinajstić information content (AvgIpc) is 3.25. The first-order valence-electron chi connectivity index (χ1n) is 7.78. The highest BCUT2D eigenvalue weighted by atomic mass is 32.1. The molecule has 0 saturated heterocycles. The van der Waals surface area contributed by atoms with E-state index in [2.05, 4.69) is 25.8 Å². The Kier molecular flexibility index (Phi) is 5.71. The molecule has 0 spiro atoms. The molecular weight excluding hydrogens is 399 g/mol. The number of aryl methyl sites for hydroxylation is 1. The number of hydrogen-bond donors (Lipinski definition) is 2. The number of halogens is 3. The van der Waals surface area contributed by atoms with Crippen molar-refractivity contribution in [3.63, 3.8) is 0 Å². The summed E-state index contributed by atoms with van der Waals surface area (Å²) in [5.41, 5.74) is 3.02. The quantitative estimate of drug-likeness (QED) is 0.652. The fourth-order valence-corrected chi connectivity index (χ4v) is 3.55. The van der Waals surface area contributed by atoms with Gasteiger partial charge in [0.25, 0.3) is 0 Å². The number of alkyl halides is 3. The number of amides is 2. The standard InChI is InChI=1S/C16H14F3N5OS2/c1-9-2-4-10(5-3-9)12-21-11(8-26-12)6-7-20-14(25)22-15-24-23-13(27-15)16(17,18)19/h2-5,8H,6-7H2,1H3,(H2,20,22,24,25). The van der Waals surface area contributed by atoms with Crippen LogP contribution in [-0.4, -0.2) is 27.8 Å². The monoisotopic (exact) mass is 413 g/mol. The molecule has 142 valence electrons. The van der Waals surface area contributed by atoms with Crippen molar-refractivity contribution >= 4 is 33.8 Å². The van der Waals surface area contributed by atoms with Gasteiger partial charge in [0.2, 0.25) is 10.1 Å². The summed E-state index contributed by atoms with van der Waals surface area (Å²) in [6, 6.07) is 7.38. The summed E-state index contributed by atoms with van der Waals surface area (Å²) in [6.07, 6.45) is -4.08. The van der Waals surface area contributed by atoms with E-state index in [0.29, 0.717) is 6.42 Å². The molecule has 0 unspecified atom stereocenters. The molecule has 27 heavy (non-hydrogen) atoms. The first kappa shape index (κ1) is 19.2. The van der Waals surface area contributed by atoms with E-state index in [1.165, 1.54) is 16.9 Å². The molecule has 2 N–H and O–H groups in total. The minimum atomic E-state index is -4.58. The normalized spacial score (nSPS) is 11.4. The summed E-state index contributed by atoms with van der Waals surface area (Å²) in [7, 11) is 0. The predicted molar refractivity (Wildman–Crippen MR) is 97.9 cm³/mol. The van der Waals surface area contributed by atoms with Crippen LogP contribution in [0, 0.1) is 6.92 Å². The van der Waals surface area contributed by atoms with Crippen molar-refractivity contribution in [3.05, 3.63) is 45.9 Å². The molecule has 0 aliphatic carbocycles. The van der Waals surface area contributed by atoms with Gasteiger partial charge in [-0.25, -0.2) is 9.78 Å². The van der Waals surface area contributed by atoms with Gasteiger partial charge >= 0.3 is 12.2 Å². The summed E-state index contributed by atoms with van der Waals surface area (Å²) < 4.78 is 37.3. The second-order valence-corrected chi connectivity index (χ2v) is 7.39.